The predicted molar refractivity (Wildman–Crippen MR) is 97.9 cm³/mol. The number of amides is 1. The van der Waals surface area contributed by atoms with Crippen molar-refractivity contribution in [2.75, 3.05) is 37.6 Å². The van der Waals surface area contributed by atoms with E-state index in [0.29, 0.717) is 17.7 Å². The maximum Gasteiger partial charge on any atom is 0.256 e. The average molecular weight is 342 g/mol. The van der Waals surface area contributed by atoms with Crippen LogP contribution in [0.15, 0.2) is 41.1 Å². The second-order valence-electron chi connectivity index (χ2n) is 6.51. The molecule has 6 nitrogen and oxygen atoms in total. The summed E-state index contributed by atoms with van der Waals surface area (Å²) in [5.74, 6) is 0.537. The third-order valence-electron chi connectivity index (χ3n) is 4.61. The lowest BCUT2D eigenvalue weighted by Gasteiger charge is -2.37. The largest absolute Gasteiger partial charge is 0.369 e. The summed E-state index contributed by atoms with van der Waals surface area (Å²) in [6, 6.07) is 10.6. The fourth-order valence-electron chi connectivity index (χ4n) is 3.27. The number of anilines is 1. The van der Waals surface area contributed by atoms with E-state index in [1.807, 2.05) is 19.9 Å². The number of carbonyl (C=O) groups excluding carboxylic acids is 1. The summed E-state index contributed by atoms with van der Waals surface area (Å²) in [5.41, 5.74) is 1.83. The summed E-state index contributed by atoms with van der Waals surface area (Å²) in [4.78, 5) is 17.1. The summed E-state index contributed by atoms with van der Waals surface area (Å²) in [6.07, 6.45) is 2.16. The first kappa shape index (κ1) is 17.5. The van der Waals surface area contributed by atoms with Crippen LogP contribution in [-0.2, 0) is 6.42 Å². The summed E-state index contributed by atoms with van der Waals surface area (Å²) in [6.45, 7) is 8.87. The van der Waals surface area contributed by atoms with E-state index in [2.05, 4.69) is 44.5 Å². The zero-order valence-electron chi connectivity index (χ0n) is 14.9. The Labute approximate surface area is 148 Å². The van der Waals surface area contributed by atoms with Gasteiger partial charge in [-0.15, -0.1) is 0 Å². The van der Waals surface area contributed by atoms with E-state index in [-0.39, 0.29) is 11.9 Å². The van der Waals surface area contributed by atoms with E-state index < -0.39 is 0 Å². The molecule has 0 radical (unpaired) electrons. The minimum atomic E-state index is -0.103. The Kier molecular flexibility index (Phi) is 5.71. The van der Waals surface area contributed by atoms with Crippen LogP contribution in [0.1, 0.15) is 30.0 Å². The molecule has 1 saturated heterocycles. The van der Waals surface area contributed by atoms with Gasteiger partial charge >= 0.3 is 0 Å². The maximum absolute atomic E-state index is 12.3. The van der Waals surface area contributed by atoms with Gasteiger partial charge in [0.2, 0.25) is 0 Å². The van der Waals surface area contributed by atoms with Gasteiger partial charge in [0.05, 0.1) is 6.20 Å². The summed E-state index contributed by atoms with van der Waals surface area (Å²) in [5, 5.41) is 6.78. The molecule has 1 aromatic carbocycles. The van der Waals surface area contributed by atoms with Gasteiger partial charge in [-0.1, -0.05) is 30.3 Å². The number of hydrogen-bond acceptors (Lipinski definition) is 5. The van der Waals surface area contributed by atoms with Gasteiger partial charge in [0.25, 0.3) is 5.91 Å². The van der Waals surface area contributed by atoms with Crippen LogP contribution in [0.4, 0.5) is 5.69 Å². The van der Waals surface area contributed by atoms with Crippen LogP contribution >= 0.6 is 0 Å². The molecular formula is C19H26N4O2. The molecule has 0 aliphatic carbocycles. The lowest BCUT2D eigenvalue weighted by molar-refractivity contribution is 0.0926. The molecule has 0 spiro atoms. The highest BCUT2D eigenvalue weighted by atomic mass is 16.5. The monoisotopic (exact) mass is 342 g/mol. The van der Waals surface area contributed by atoms with Crippen molar-refractivity contribution >= 4 is 11.6 Å². The standard InChI is InChI=1S/C19H26N4O2/c1-3-18-17(13-20-25-18)19(24)21-15(2)14-22-9-11-23(12-10-22)16-7-5-4-6-8-16/h4-8,13,15H,3,9-12,14H2,1-2H3,(H,21,24)/t15-/m0/s1. The van der Waals surface area contributed by atoms with Gasteiger partial charge in [0.1, 0.15) is 11.3 Å². The van der Waals surface area contributed by atoms with Crippen molar-refractivity contribution in [2.24, 2.45) is 0 Å². The third-order valence-corrected chi connectivity index (χ3v) is 4.61. The Hall–Kier alpha value is -2.34. The van der Waals surface area contributed by atoms with Crippen LogP contribution in [0.25, 0.3) is 0 Å². The van der Waals surface area contributed by atoms with Crippen LogP contribution in [0.5, 0.6) is 0 Å². The SMILES string of the molecule is CCc1oncc1C(=O)N[C@@H](C)CN1CCN(c2ccccc2)CC1. The zero-order valence-corrected chi connectivity index (χ0v) is 14.9. The number of rotatable bonds is 6. The Balaban J connectivity index is 1.46. The van der Waals surface area contributed by atoms with E-state index in [0.717, 1.165) is 32.7 Å². The van der Waals surface area contributed by atoms with Gasteiger partial charge in [0, 0.05) is 50.9 Å². The number of aryl methyl sites for hydroxylation is 1. The van der Waals surface area contributed by atoms with Crippen molar-refractivity contribution in [1.82, 2.24) is 15.4 Å². The number of benzene rings is 1. The minimum Gasteiger partial charge on any atom is -0.369 e. The maximum atomic E-state index is 12.3. The lowest BCUT2D eigenvalue weighted by atomic mass is 10.2. The van der Waals surface area contributed by atoms with E-state index in [1.54, 1.807) is 0 Å². The highest BCUT2D eigenvalue weighted by Gasteiger charge is 2.21. The summed E-state index contributed by atoms with van der Waals surface area (Å²) in [7, 11) is 0. The van der Waals surface area contributed by atoms with Gasteiger partial charge in [-0.3, -0.25) is 9.69 Å². The van der Waals surface area contributed by atoms with Crippen molar-refractivity contribution in [3.63, 3.8) is 0 Å². The highest BCUT2D eigenvalue weighted by molar-refractivity contribution is 5.95. The summed E-state index contributed by atoms with van der Waals surface area (Å²) < 4.78 is 5.09. The molecule has 0 bridgehead atoms. The number of aromatic nitrogens is 1. The molecule has 1 amide bonds. The van der Waals surface area contributed by atoms with Gasteiger partial charge in [-0.2, -0.15) is 0 Å². The van der Waals surface area contributed by atoms with Crippen molar-refractivity contribution in [3.8, 4) is 0 Å². The number of piperazine rings is 1. The van der Waals surface area contributed by atoms with Crippen LogP contribution in [-0.4, -0.2) is 54.7 Å². The van der Waals surface area contributed by atoms with Gasteiger partial charge in [-0.05, 0) is 19.1 Å². The topological polar surface area (TPSA) is 61.6 Å². The predicted octanol–water partition coefficient (Wildman–Crippen LogP) is 2.18. The van der Waals surface area contributed by atoms with Gasteiger partial charge in [-0.25, -0.2) is 0 Å². The zero-order chi connectivity index (χ0) is 17.6. The molecule has 2 aromatic rings. The lowest BCUT2D eigenvalue weighted by Crippen LogP contribution is -2.50. The number of hydrogen-bond donors (Lipinski definition) is 1. The molecule has 3 rings (SSSR count). The second-order valence-corrected chi connectivity index (χ2v) is 6.51. The van der Waals surface area contributed by atoms with E-state index >= 15 is 0 Å². The number of nitrogens with one attached hydrogen (secondary N) is 1. The van der Waals surface area contributed by atoms with Gasteiger partial charge < -0.3 is 14.7 Å². The van der Waals surface area contributed by atoms with Crippen LogP contribution < -0.4 is 10.2 Å². The molecule has 1 atom stereocenters. The molecule has 1 aromatic heterocycles. The van der Waals surface area contributed by atoms with E-state index in [4.69, 9.17) is 4.52 Å². The van der Waals surface area contributed by atoms with Crippen molar-refractivity contribution in [2.45, 2.75) is 26.3 Å². The molecule has 1 aliphatic rings. The first-order chi connectivity index (χ1) is 12.2. The highest BCUT2D eigenvalue weighted by Crippen LogP contribution is 2.15. The minimum absolute atomic E-state index is 0.0791. The van der Waals surface area contributed by atoms with E-state index in [1.165, 1.54) is 11.9 Å². The fourth-order valence-corrected chi connectivity index (χ4v) is 3.27. The molecule has 6 heteroatoms. The first-order valence-electron chi connectivity index (χ1n) is 8.94. The van der Waals surface area contributed by atoms with Gasteiger partial charge in [0.15, 0.2) is 0 Å². The first-order valence-corrected chi connectivity index (χ1v) is 8.94. The van der Waals surface area contributed by atoms with Crippen molar-refractivity contribution < 1.29 is 9.32 Å². The van der Waals surface area contributed by atoms with Crippen molar-refractivity contribution in [3.05, 3.63) is 47.9 Å². The smallest absolute Gasteiger partial charge is 0.256 e. The van der Waals surface area contributed by atoms with Crippen LogP contribution in [0.3, 0.4) is 0 Å². The third kappa shape index (κ3) is 4.39. The Morgan fingerprint density at radius 2 is 1.96 bits per heavy atom. The Bertz CT molecular complexity index is 678. The molecule has 25 heavy (non-hydrogen) atoms. The number of para-hydroxylation sites is 1. The van der Waals surface area contributed by atoms with Crippen LogP contribution in [0.2, 0.25) is 0 Å². The summed E-state index contributed by atoms with van der Waals surface area (Å²) >= 11 is 0. The normalized spacial score (nSPS) is 16.6. The molecule has 2 heterocycles. The number of nitrogens with zero attached hydrogens (tertiary/aromatic N) is 3. The molecule has 1 N–H and O–H groups in total. The van der Waals surface area contributed by atoms with Crippen molar-refractivity contribution in [1.29, 1.82) is 0 Å². The molecule has 0 unspecified atom stereocenters. The molecule has 134 valence electrons. The average Bonchev–Trinajstić information content (AvgIpc) is 3.12. The fraction of sp³-hybridized carbons (Fsp3) is 0.474. The van der Waals surface area contributed by atoms with Crippen LogP contribution in [0, 0.1) is 0 Å². The second kappa shape index (κ2) is 8.16. The Morgan fingerprint density at radius 3 is 2.64 bits per heavy atom. The number of carbonyl (C=O) groups is 1. The molecular weight excluding hydrogens is 316 g/mol. The van der Waals surface area contributed by atoms with E-state index in [9.17, 15) is 4.79 Å². The quantitative estimate of drug-likeness (QED) is 0.872. The molecule has 1 aliphatic heterocycles. The molecule has 1 fully saturated rings. The molecule has 0 saturated carbocycles. The Morgan fingerprint density at radius 1 is 1.24 bits per heavy atom.